The topological polar surface area (TPSA) is 75.7 Å². The van der Waals surface area contributed by atoms with Crippen molar-refractivity contribution in [1.29, 1.82) is 0 Å². The molecule has 1 aliphatic heterocycles. The molecular weight excluding hydrogens is 304 g/mol. The highest BCUT2D eigenvalue weighted by Gasteiger charge is 2.24. The molecule has 1 rings (SSSR count). The van der Waals surface area contributed by atoms with E-state index in [1.165, 1.54) is 13.5 Å². The normalized spacial score (nSPS) is 24.9. The highest BCUT2D eigenvalue weighted by atomic mass is 32.2. The molecule has 1 N–H and O–H groups in total. The van der Waals surface area contributed by atoms with Crippen molar-refractivity contribution < 1.29 is 17.9 Å². The molecule has 1 fully saturated rings. The highest BCUT2D eigenvalue weighted by molar-refractivity contribution is 7.89. The van der Waals surface area contributed by atoms with Crippen LogP contribution in [0, 0.1) is 11.8 Å². The zero-order valence-electron chi connectivity index (χ0n) is 14.2. The largest absolute Gasteiger partial charge is 0.469 e. The standard InChI is InChI=1S/C15H30N2O4S/c1-12-8-13(2)10-17(9-12)11-14(3)16-22(19,20)7-5-6-15(18)21-4/h12-14,16H,5-11H2,1-4H3/t12-,13+,14-/m0/s1. The van der Waals surface area contributed by atoms with E-state index in [0.717, 1.165) is 19.6 Å². The van der Waals surface area contributed by atoms with E-state index in [1.54, 1.807) is 0 Å². The molecule has 0 aromatic heterocycles. The zero-order chi connectivity index (χ0) is 16.8. The molecule has 1 saturated heterocycles. The Labute approximate surface area is 134 Å². The average molecular weight is 334 g/mol. The molecule has 0 bridgehead atoms. The first kappa shape index (κ1) is 19.4. The molecule has 7 heteroatoms. The second-order valence-electron chi connectivity index (χ2n) is 6.68. The van der Waals surface area contributed by atoms with E-state index >= 15 is 0 Å². The molecule has 0 radical (unpaired) electrons. The van der Waals surface area contributed by atoms with E-state index < -0.39 is 10.0 Å². The van der Waals surface area contributed by atoms with Crippen LogP contribution in [0.15, 0.2) is 0 Å². The van der Waals surface area contributed by atoms with Crippen LogP contribution < -0.4 is 4.72 Å². The average Bonchev–Trinajstić information content (AvgIpc) is 2.35. The fourth-order valence-corrected chi connectivity index (χ4v) is 4.57. The Kier molecular flexibility index (Phi) is 7.79. The van der Waals surface area contributed by atoms with E-state index in [-0.39, 0.29) is 30.6 Å². The van der Waals surface area contributed by atoms with Crippen LogP contribution in [-0.2, 0) is 19.6 Å². The van der Waals surface area contributed by atoms with E-state index in [4.69, 9.17) is 0 Å². The zero-order valence-corrected chi connectivity index (χ0v) is 15.0. The fraction of sp³-hybridized carbons (Fsp3) is 0.933. The number of nitrogens with one attached hydrogen (secondary N) is 1. The van der Waals surface area contributed by atoms with Gasteiger partial charge >= 0.3 is 5.97 Å². The van der Waals surface area contributed by atoms with Crippen LogP contribution in [0.5, 0.6) is 0 Å². The molecule has 0 aliphatic carbocycles. The van der Waals surface area contributed by atoms with Crippen molar-refractivity contribution in [2.24, 2.45) is 11.8 Å². The maximum Gasteiger partial charge on any atom is 0.305 e. The lowest BCUT2D eigenvalue weighted by molar-refractivity contribution is -0.140. The molecule has 1 aliphatic rings. The Morgan fingerprint density at radius 2 is 1.91 bits per heavy atom. The van der Waals surface area contributed by atoms with E-state index in [1.807, 2.05) is 6.92 Å². The van der Waals surface area contributed by atoms with Gasteiger partial charge < -0.3 is 9.64 Å². The lowest BCUT2D eigenvalue weighted by atomic mass is 9.92. The third kappa shape index (κ3) is 7.56. The molecule has 0 aromatic carbocycles. The second kappa shape index (κ2) is 8.84. The maximum absolute atomic E-state index is 12.0. The number of carbonyl (C=O) groups is 1. The number of nitrogens with zero attached hydrogens (tertiary/aromatic N) is 1. The minimum atomic E-state index is -3.35. The molecule has 3 atom stereocenters. The maximum atomic E-state index is 12.0. The number of carbonyl (C=O) groups excluding carboxylic acids is 1. The summed E-state index contributed by atoms with van der Waals surface area (Å²) in [6.07, 6.45) is 1.66. The number of sulfonamides is 1. The first-order valence-electron chi connectivity index (χ1n) is 8.01. The van der Waals surface area contributed by atoms with Crippen LogP contribution in [0.2, 0.25) is 0 Å². The predicted octanol–water partition coefficient (Wildman–Crippen LogP) is 1.23. The van der Waals surface area contributed by atoms with Crippen molar-refractivity contribution in [1.82, 2.24) is 9.62 Å². The van der Waals surface area contributed by atoms with Crippen molar-refractivity contribution in [3.8, 4) is 0 Å². The Bertz CT molecular complexity index is 442. The van der Waals surface area contributed by atoms with Crippen LogP contribution in [-0.4, -0.2) is 57.8 Å². The molecule has 0 amide bonds. The Morgan fingerprint density at radius 1 is 1.32 bits per heavy atom. The molecule has 0 spiro atoms. The molecule has 22 heavy (non-hydrogen) atoms. The summed E-state index contributed by atoms with van der Waals surface area (Å²) in [5.41, 5.74) is 0. The predicted molar refractivity (Wildman–Crippen MR) is 87.0 cm³/mol. The molecule has 0 aromatic rings. The van der Waals surface area contributed by atoms with Crippen LogP contribution in [0.3, 0.4) is 0 Å². The van der Waals surface area contributed by atoms with Gasteiger partial charge in [-0.25, -0.2) is 13.1 Å². The first-order valence-corrected chi connectivity index (χ1v) is 9.66. The summed E-state index contributed by atoms with van der Waals surface area (Å²) in [5.74, 6) is 0.902. The molecule has 1 heterocycles. The van der Waals surface area contributed by atoms with Crippen LogP contribution in [0.4, 0.5) is 0 Å². The third-order valence-electron chi connectivity index (χ3n) is 3.88. The van der Waals surface area contributed by atoms with Gasteiger partial charge in [0.25, 0.3) is 0 Å². The number of methoxy groups -OCH3 is 1. The number of piperidine rings is 1. The summed E-state index contributed by atoms with van der Waals surface area (Å²) in [6, 6.07) is -0.124. The number of hydrogen-bond acceptors (Lipinski definition) is 5. The number of rotatable bonds is 8. The fourth-order valence-electron chi connectivity index (χ4n) is 3.24. The van der Waals surface area contributed by atoms with E-state index in [0.29, 0.717) is 11.8 Å². The Morgan fingerprint density at radius 3 is 2.45 bits per heavy atom. The first-order chi connectivity index (χ1) is 10.2. The van der Waals surface area contributed by atoms with Crippen LogP contribution in [0.1, 0.15) is 40.0 Å². The van der Waals surface area contributed by atoms with Gasteiger partial charge in [-0.2, -0.15) is 0 Å². The Hall–Kier alpha value is -0.660. The van der Waals surface area contributed by atoms with Crippen molar-refractivity contribution in [3.63, 3.8) is 0 Å². The number of likely N-dealkylation sites (tertiary alicyclic amines) is 1. The highest BCUT2D eigenvalue weighted by Crippen LogP contribution is 2.20. The molecule has 130 valence electrons. The van der Waals surface area contributed by atoms with Crippen molar-refractivity contribution in [3.05, 3.63) is 0 Å². The summed E-state index contributed by atoms with van der Waals surface area (Å²) < 4.78 is 31.2. The van der Waals surface area contributed by atoms with Crippen molar-refractivity contribution in [2.75, 3.05) is 32.5 Å². The quantitative estimate of drug-likeness (QED) is 0.676. The van der Waals surface area contributed by atoms with Crippen LogP contribution >= 0.6 is 0 Å². The van der Waals surface area contributed by atoms with Crippen LogP contribution in [0.25, 0.3) is 0 Å². The summed E-state index contributed by atoms with van der Waals surface area (Å²) in [7, 11) is -2.04. The number of esters is 1. The Balaban J connectivity index is 2.36. The SMILES string of the molecule is COC(=O)CCCS(=O)(=O)N[C@@H](C)CN1C[C@H](C)C[C@H](C)C1. The monoisotopic (exact) mass is 334 g/mol. The van der Waals surface area contributed by atoms with Gasteiger partial charge in [0, 0.05) is 32.1 Å². The van der Waals surface area contributed by atoms with Crippen molar-refractivity contribution in [2.45, 2.75) is 46.1 Å². The summed E-state index contributed by atoms with van der Waals surface area (Å²) in [5, 5.41) is 0. The van der Waals surface area contributed by atoms with E-state index in [9.17, 15) is 13.2 Å². The lowest BCUT2D eigenvalue weighted by Gasteiger charge is -2.36. The van der Waals surface area contributed by atoms with Gasteiger partial charge in [-0.15, -0.1) is 0 Å². The summed E-state index contributed by atoms with van der Waals surface area (Å²) in [6.45, 7) is 9.15. The number of ether oxygens (including phenoxy) is 1. The minimum Gasteiger partial charge on any atom is -0.469 e. The molecule has 0 unspecified atom stereocenters. The van der Waals surface area contributed by atoms with Gasteiger partial charge in [0.15, 0.2) is 0 Å². The summed E-state index contributed by atoms with van der Waals surface area (Å²) >= 11 is 0. The van der Waals surface area contributed by atoms with Gasteiger partial charge in [-0.1, -0.05) is 13.8 Å². The molecule has 6 nitrogen and oxygen atoms in total. The van der Waals surface area contributed by atoms with Gasteiger partial charge in [0.1, 0.15) is 0 Å². The minimum absolute atomic E-state index is 0.0424. The second-order valence-corrected chi connectivity index (χ2v) is 8.56. The third-order valence-corrected chi connectivity index (χ3v) is 5.47. The summed E-state index contributed by atoms with van der Waals surface area (Å²) in [4.78, 5) is 13.3. The number of hydrogen-bond donors (Lipinski definition) is 1. The molecular formula is C15H30N2O4S. The lowest BCUT2D eigenvalue weighted by Crippen LogP contribution is -2.47. The molecule has 0 saturated carbocycles. The van der Waals surface area contributed by atoms with Gasteiger partial charge in [0.2, 0.25) is 10.0 Å². The van der Waals surface area contributed by atoms with Gasteiger partial charge in [-0.05, 0) is 31.6 Å². The van der Waals surface area contributed by atoms with Gasteiger partial charge in [-0.3, -0.25) is 4.79 Å². The van der Waals surface area contributed by atoms with Gasteiger partial charge in [0.05, 0.1) is 12.9 Å². The smallest absolute Gasteiger partial charge is 0.305 e. The van der Waals surface area contributed by atoms with E-state index in [2.05, 4.69) is 28.2 Å². The van der Waals surface area contributed by atoms with Crippen molar-refractivity contribution >= 4 is 16.0 Å².